The van der Waals surface area contributed by atoms with Crippen LogP contribution >= 0.6 is 0 Å². The molecule has 5 aliphatic heterocycles. The molecule has 6 nitrogen and oxygen atoms in total. The van der Waals surface area contributed by atoms with E-state index in [4.69, 9.17) is 9.47 Å². The number of nitrogens with zero attached hydrogens (tertiary/aromatic N) is 2. The number of piperidine rings is 3. The zero-order valence-corrected chi connectivity index (χ0v) is 16.2. The zero-order valence-electron chi connectivity index (χ0n) is 16.2. The summed E-state index contributed by atoms with van der Waals surface area (Å²) in [5.41, 5.74) is 0.0842. The summed E-state index contributed by atoms with van der Waals surface area (Å²) in [7, 11) is 0. The van der Waals surface area contributed by atoms with Gasteiger partial charge in [-0.3, -0.25) is 9.69 Å². The zero-order chi connectivity index (χ0) is 18.9. The Bertz CT molecular complexity index is 798. The van der Waals surface area contributed by atoms with Crippen molar-refractivity contribution in [1.82, 2.24) is 9.80 Å². The van der Waals surface area contributed by atoms with Gasteiger partial charge in [0.15, 0.2) is 11.5 Å². The Morgan fingerprint density at radius 2 is 1.82 bits per heavy atom. The minimum atomic E-state index is -1.14. The van der Waals surface area contributed by atoms with Crippen LogP contribution in [0.5, 0.6) is 11.5 Å². The molecule has 28 heavy (non-hydrogen) atoms. The van der Waals surface area contributed by atoms with Crippen LogP contribution in [0, 0.1) is 5.92 Å². The van der Waals surface area contributed by atoms with Gasteiger partial charge < -0.3 is 19.5 Å². The maximum absolute atomic E-state index is 13.5. The van der Waals surface area contributed by atoms with Crippen molar-refractivity contribution in [3.63, 3.8) is 0 Å². The molecule has 1 N–H and O–H groups in total. The standard InChI is InChI=1S/C22H28N2O4/c25-21(22(26)7-1-2-8-22)24-12-16(15-3-4-17-18(11-15)28-13-27-17)20-19(24)14-5-9-23(20)10-6-14/h3-4,11,14,16,19-20,26H,1-2,5-10,12-13H2/t16-,19+,20+/m0/s1. The maximum Gasteiger partial charge on any atom is 0.254 e. The molecule has 4 saturated heterocycles. The van der Waals surface area contributed by atoms with Gasteiger partial charge in [-0.25, -0.2) is 0 Å². The fourth-order valence-electron chi connectivity index (χ4n) is 6.53. The lowest BCUT2D eigenvalue weighted by Crippen LogP contribution is -2.62. The highest BCUT2D eigenvalue weighted by atomic mass is 16.7. The predicted molar refractivity (Wildman–Crippen MR) is 102 cm³/mol. The molecule has 7 rings (SSSR count). The molecule has 0 aromatic heterocycles. The van der Waals surface area contributed by atoms with Gasteiger partial charge >= 0.3 is 0 Å². The molecule has 6 aliphatic rings. The fourth-order valence-corrected chi connectivity index (χ4v) is 6.53. The summed E-state index contributed by atoms with van der Waals surface area (Å²) in [6.45, 7) is 3.23. The van der Waals surface area contributed by atoms with Crippen LogP contribution in [0.15, 0.2) is 18.2 Å². The second-order valence-corrected chi connectivity index (χ2v) is 9.27. The van der Waals surface area contributed by atoms with E-state index in [1.807, 2.05) is 6.07 Å². The summed E-state index contributed by atoms with van der Waals surface area (Å²) < 4.78 is 11.1. The van der Waals surface area contributed by atoms with Crippen LogP contribution in [0.3, 0.4) is 0 Å². The monoisotopic (exact) mass is 384 g/mol. The lowest BCUT2D eigenvalue weighted by molar-refractivity contribution is -0.155. The fraction of sp³-hybridized carbons (Fsp3) is 0.682. The third-order valence-electron chi connectivity index (χ3n) is 7.91. The SMILES string of the molecule is O=C(N1C[C@@H](c2ccc3c(c2)OCO3)[C@@H]2[C@H]1C1CCN2CC1)C1(O)CCCC1. The Hall–Kier alpha value is -1.79. The normalized spacial score (nSPS) is 37.3. The summed E-state index contributed by atoms with van der Waals surface area (Å²) in [6.07, 6.45) is 5.46. The molecule has 1 amide bonds. The van der Waals surface area contributed by atoms with Crippen molar-refractivity contribution in [3.8, 4) is 11.5 Å². The molecule has 5 fully saturated rings. The molecule has 0 unspecified atom stereocenters. The number of fused-ring (bicyclic) bond motifs is 3. The van der Waals surface area contributed by atoms with Gasteiger partial charge in [-0.15, -0.1) is 0 Å². The minimum Gasteiger partial charge on any atom is -0.454 e. The average Bonchev–Trinajstić information content (AvgIpc) is 3.46. The van der Waals surface area contributed by atoms with Gasteiger partial charge in [0, 0.05) is 18.5 Å². The molecule has 150 valence electrons. The molecule has 6 heteroatoms. The van der Waals surface area contributed by atoms with E-state index >= 15 is 0 Å². The number of benzene rings is 1. The maximum atomic E-state index is 13.5. The molecular weight excluding hydrogens is 356 g/mol. The van der Waals surface area contributed by atoms with Crippen molar-refractivity contribution in [2.75, 3.05) is 26.4 Å². The average molecular weight is 384 g/mol. The predicted octanol–water partition coefficient (Wildman–Crippen LogP) is 2.11. The first-order chi connectivity index (χ1) is 13.6. The number of hydrogen-bond acceptors (Lipinski definition) is 5. The molecule has 0 spiro atoms. The third kappa shape index (κ3) is 2.37. The van der Waals surface area contributed by atoms with Crippen LogP contribution in [0.25, 0.3) is 0 Å². The third-order valence-corrected chi connectivity index (χ3v) is 7.91. The van der Waals surface area contributed by atoms with E-state index in [1.165, 1.54) is 5.56 Å². The van der Waals surface area contributed by atoms with Crippen LogP contribution in [-0.2, 0) is 4.79 Å². The topological polar surface area (TPSA) is 62.2 Å². The lowest BCUT2D eigenvalue weighted by atomic mass is 9.75. The van der Waals surface area contributed by atoms with Gasteiger partial charge in [0.2, 0.25) is 6.79 Å². The van der Waals surface area contributed by atoms with Gasteiger partial charge in [0.25, 0.3) is 5.91 Å². The number of carbonyl (C=O) groups is 1. The van der Waals surface area contributed by atoms with Crippen LogP contribution < -0.4 is 9.47 Å². The number of carbonyl (C=O) groups excluding carboxylic acids is 1. The van der Waals surface area contributed by atoms with E-state index in [0.29, 0.717) is 31.3 Å². The Labute approximate surface area is 165 Å². The van der Waals surface area contributed by atoms with Gasteiger partial charge in [-0.05, 0) is 75.2 Å². The van der Waals surface area contributed by atoms with Gasteiger partial charge in [-0.2, -0.15) is 0 Å². The van der Waals surface area contributed by atoms with Crippen LogP contribution in [0.2, 0.25) is 0 Å². The van der Waals surface area contributed by atoms with Crippen molar-refractivity contribution in [3.05, 3.63) is 23.8 Å². The van der Waals surface area contributed by atoms with Gasteiger partial charge in [-0.1, -0.05) is 6.07 Å². The van der Waals surface area contributed by atoms with E-state index in [0.717, 1.165) is 50.3 Å². The summed E-state index contributed by atoms with van der Waals surface area (Å²) >= 11 is 0. The van der Waals surface area contributed by atoms with E-state index < -0.39 is 5.60 Å². The highest BCUT2D eigenvalue weighted by Crippen LogP contribution is 2.49. The van der Waals surface area contributed by atoms with Crippen molar-refractivity contribution < 1.29 is 19.4 Å². The first-order valence-corrected chi connectivity index (χ1v) is 10.8. The second kappa shape index (κ2) is 6.10. The molecular formula is C22H28N2O4. The first kappa shape index (κ1) is 17.1. The van der Waals surface area contributed by atoms with Gasteiger partial charge in [0.05, 0.1) is 6.04 Å². The molecule has 5 heterocycles. The van der Waals surface area contributed by atoms with Crippen LogP contribution in [-0.4, -0.2) is 64.9 Å². The summed E-state index contributed by atoms with van der Waals surface area (Å²) in [5, 5.41) is 11.0. The van der Waals surface area contributed by atoms with E-state index in [9.17, 15) is 9.90 Å². The highest BCUT2D eigenvalue weighted by molar-refractivity contribution is 5.86. The number of amides is 1. The van der Waals surface area contributed by atoms with E-state index in [1.54, 1.807) is 0 Å². The highest BCUT2D eigenvalue weighted by Gasteiger charge is 2.57. The molecule has 1 aromatic carbocycles. The van der Waals surface area contributed by atoms with Crippen molar-refractivity contribution in [1.29, 1.82) is 0 Å². The molecule has 3 atom stereocenters. The number of likely N-dealkylation sites (tertiary alicyclic amines) is 1. The van der Waals surface area contributed by atoms with Crippen molar-refractivity contribution in [2.45, 2.75) is 62.1 Å². The van der Waals surface area contributed by atoms with Crippen LogP contribution in [0.4, 0.5) is 0 Å². The minimum absolute atomic E-state index is 0.0167. The lowest BCUT2D eigenvalue weighted by Gasteiger charge is -2.51. The van der Waals surface area contributed by atoms with Crippen molar-refractivity contribution >= 4 is 5.91 Å². The summed E-state index contributed by atoms with van der Waals surface area (Å²) in [6, 6.07) is 6.82. The van der Waals surface area contributed by atoms with Gasteiger partial charge in [0.1, 0.15) is 5.60 Å². The summed E-state index contributed by atoms with van der Waals surface area (Å²) in [4.78, 5) is 18.1. The smallest absolute Gasteiger partial charge is 0.254 e. The molecule has 1 aromatic rings. The number of hydrogen-bond donors (Lipinski definition) is 1. The molecule has 1 saturated carbocycles. The quantitative estimate of drug-likeness (QED) is 0.846. The van der Waals surface area contributed by atoms with E-state index in [-0.39, 0.29) is 24.7 Å². The second-order valence-electron chi connectivity index (χ2n) is 9.27. The molecule has 0 radical (unpaired) electrons. The number of ether oxygens (including phenoxy) is 2. The Balaban J connectivity index is 1.37. The first-order valence-electron chi connectivity index (χ1n) is 10.8. The Kier molecular flexibility index (Phi) is 3.73. The summed E-state index contributed by atoms with van der Waals surface area (Å²) in [5.74, 6) is 2.41. The number of aliphatic hydroxyl groups is 1. The largest absolute Gasteiger partial charge is 0.454 e. The molecule has 2 bridgehead atoms. The van der Waals surface area contributed by atoms with Crippen LogP contribution in [0.1, 0.15) is 50.0 Å². The number of rotatable bonds is 2. The van der Waals surface area contributed by atoms with Crippen molar-refractivity contribution in [2.24, 2.45) is 5.92 Å². The Morgan fingerprint density at radius 1 is 1.07 bits per heavy atom. The Morgan fingerprint density at radius 3 is 2.61 bits per heavy atom. The van der Waals surface area contributed by atoms with E-state index in [2.05, 4.69) is 21.9 Å². The molecule has 1 aliphatic carbocycles.